The van der Waals surface area contributed by atoms with Crippen molar-refractivity contribution in [3.05, 3.63) is 53.9 Å². The molecule has 1 heterocycles. The average Bonchev–Trinajstić information content (AvgIpc) is 2.56. The van der Waals surface area contributed by atoms with Gasteiger partial charge in [-0.05, 0) is 31.2 Å². The van der Waals surface area contributed by atoms with Crippen molar-refractivity contribution in [3.8, 4) is 6.07 Å². The molecule has 0 bridgehead atoms. The highest BCUT2D eigenvalue weighted by molar-refractivity contribution is 6.05. The number of nitriles is 1. The van der Waals surface area contributed by atoms with E-state index in [0.717, 1.165) is 16.9 Å². The van der Waals surface area contributed by atoms with Gasteiger partial charge in [0.05, 0.1) is 12.5 Å². The van der Waals surface area contributed by atoms with Gasteiger partial charge in [-0.3, -0.25) is 9.78 Å². The molecule has 23 heavy (non-hydrogen) atoms. The Morgan fingerprint density at radius 2 is 1.87 bits per heavy atom. The van der Waals surface area contributed by atoms with E-state index in [1.807, 2.05) is 56.3 Å². The molecule has 0 atom stereocenters. The summed E-state index contributed by atoms with van der Waals surface area (Å²) in [5, 5.41) is 8.87. The van der Waals surface area contributed by atoms with Crippen LogP contribution in [0.3, 0.4) is 0 Å². The van der Waals surface area contributed by atoms with Gasteiger partial charge in [0.1, 0.15) is 5.69 Å². The van der Waals surface area contributed by atoms with Gasteiger partial charge < -0.3 is 9.80 Å². The minimum Gasteiger partial charge on any atom is -0.378 e. The lowest BCUT2D eigenvalue weighted by atomic mass is 10.2. The lowest BCUT2D eigenvalue weighted by Gasteiger charge is -2.22. The summed E-state index contributed by atoms with van der Waals surface area (Å²) in [6.45, 7) is 2.33. The second kappa shape index (κ2) is 7.41. The Bertz CT molecular complexity index is 717. The van der Waals surface area contributed by atoms with Crippen molar-refractivity contribution >= 4 is 17.3 Å². The summed E-state index contributed by atoms with van der Waals surface area (Å²) in [6, 6.07) is 13.4. The van der Waals surface area contributed by atoms with Gasteiger partial charge in [-0.2, -0.15) is 5.26 Å². The molecule has 0 aliphatic rings. The van der Waals surface area contributed by atoms with Crippen molar-refractivity contribution in [1.82, 2.24) is 4.98 Å². The lowest BCUT2D eigenvalue weighted by molar-refractivity contribution is 0.0982. The first-order valence-electron chi connectivity index (χ1n) is 7.42. The molecular weight excluding hydrogens is 288 g/mol. The van der Waals surface area contributed by atoms with Gasteiger partial charge >= 0.3 is 0 Å². The van der Waals surface area contributed by atoms with Crippen molar-refractivity contribution in [2.24, 2.45) is 0 Å². The van der Waals surface area contributed by atoms with E-state index >= 15 is 0 Å². The number of anilines is 2. The van der Waals surface area contributed by atoms with Crippen molar-refractivity contribution in [1.29, 1.82) is 5.26 Å². The summed E-state index contributed by atoms with van der Waals surface area (Å²) in [5.74, 6) is -0.201. The summed E-state index contributed by atoms with van der Waals surface area (Å²) in [6.07, 6.45) is 1.90. The SMILES string of the molecule is Cc1ccc(N(CCC#N)C(=O)c2cc(N(C)C)ccn2)cc1. The molecule has 0 saturated carbocycles. The summed E-state index contributed by atoms with van der Waals surface area (Å²) < 4.78 is 0. The largest absolute Gasteiger partial charge is 0.378 e. The Morgan fingerprint density at radius 1 is 1.17 bits per heavy atom. The third-order valence-corrected chi connectivity index (χ3v) is 3.52. The van der Waals surface area contributed by atoms with Crippen LogP contribution in [0, 0.1) is 18.3 Å². The third-order valence-electron chi connectivity index (χ3n) is 3.52. The standard InChI is InChI=1S/C18H20N4O/c1-14-5-7-15(8-6-14)22(12-4-10-19)18(23)17-13-16(21(2)3)9-11-20-17/h5-9,11,13H,4,12H2,1-3H3. The molecule has 0 N–H and O–H groups in total. The highest BCUT2D eigenvalue weighted by atomic mass is 16.2. The highest BCUT2D eigenvalue weighted by Crippen LogP contribution is 2.19. The molecule has 0 saturated heterocycles. The van der Waals surface area contributed by atoms with Gasteiger partial charge in [-0.1, -0.05) is 17.7 Å². The number of pyridine rings is 1. The fourth-order valence-corrected chi connectivity index (χ4v) is 2.19. The van der Waals surface area contributed by atoms with E-state index in [-0.39, 0.29) is 12.3 Å². The van der Waals surface area contributed by atoms with Gasteiger partial charge in [0, 0.05) is 38.2 Å². The van der Waals surface area contributed by atoms with E-state index < -0.39 is 0 Å². The Balaban J connectivity index is 2.35. The maximum absolute atomic E-state index is 12.8. The van der Waals surface area contributed by atoms with Crippen molar-refractivity contribution in [2.45, 2.75) is 13.3 Å². The van der Waals surface area contributed by atoms with Crippen LogP contribution in [0.25, 0.3) is 0 Å². The number of hydrogen-bond acceptors (Lipinski definition) is 4. The number of aromatic nitrogens is 1. The van der Waals surface area contributed by atoms with Crippen LogP contribution in [-0.2, 0) is 0 Å². The minimum atomic E-state index is -0.201. The van der Waals surface area contributed by atoms with Crippen LogP contribution in [0.4, 0.5) is 11.4 Å². The van der Waals surface area contributed by atoms with Gasteiger partial charge in [0.2, 0.25) is 0 Å². The molecule has 0 unspecified atom stereocenters. The molecule has 1 aromatic carbocycles. The molecule has 5 heteroatoms. The topological polar surface area (TPSA) is 60.2 Å². The monoisotopic (exact) mass is 308 g/mol. The van der Waals surface area contributed by atoms with E-state index in [1.165, 1.54) is 0 Å². The van der Waals surface area contributed by atoms with E-state index in [2.05, 4.69) is 11.1 Å². The summed E-state index contributed by atoms with van der Waals surface area (Å²) in [5.41, 5.74) is 3.17. The molecular formula is C18H20N4O. The first-order chi connectivity index (χ1) is 11.0. The predicted octanol–water partition coefficient (Wildman–Crippen LogP) is 3.02. The van der Waals surface area contributed by atoms with E-state index in [9.17, 15) is 4.79 Å². The van der Waals surface area contributed by atoms with Crippen molar-refractivity contribution in [3.63, 3.8) is 0 Å². The quantitative estimate of drug-likeness (QED) is 0.852. The maximum atomic E-state index is 12.8. The van der Waals surface area contributed by atoms with Gasteiger partial charge in [-0.15, -0.1) is 0 Å². The van der Waals surface area contributed by atoms with E-state index in [4.69, 9.17) is 5.26 Å². The van der Waals surface area contributed by atoms with Crippen LogP contribution in [-0.4, -0.2) is 31.5 Å². The summed E-state index contributed by atoms with van der Waals surface area (Å²) in [4.78, 5) is 20.6. The Labute approximate surface area is 136 Å². The molecule has 0 fully saturated rings. The zero-order valence-corrected chi connectivity index (χ0v) is 13.7. The lowest BCUT2D eigenvalue weighted by Crippen LogP contribution is -2.32. The number of hydrogen-bond donors (Lipinski definition) is 0. The molecule has 0 aliphatic heterocycles. The average molecular weight is 308 g/mol. The van der Waals surface area contributed by atoms with Gasteiger partial charge in [0.15, 0.2) is 0 Å². The molecule has 1 aromatic heterocycles. The summed E-state index contributed by atoms with van der Waals surface area (Å²) >= 11 is 0. The highest BCUT2D eigenvalue weighted by Gasteiger charge is 2.19. The molecule has 2 rings (SSSR count). The van der Waals surface area contributed by atoms with Crippen LogP contribution in [0.5, 0.6) is 0 Å². The van der Waals surface area contributed by atoms with E-state index in [0.29, 0.717) is 12.2 Å². The third kappa shape index (κ3) is 4.07. The summed E-state index contributed by atoms with van der Waals surface area (Å²) in [7, 11) is 3.83. The Hall–Kier alpha value is -2.87. The molecule has 2 aromatic rings. The van der Waals surface area contributed by atoms with E-state index in [1.54, 1.807) is 17.2 Å². The van der Waals surface area contributed by atoms with Crippen LogP contribution in [0.2, 0.25) is 0 Å². The van der Waals surface area contributed by atoms with Gasteiger partial charge in [0.25, 0.3) is 5.91 Å². The number of carbonyl (C=O) groups excluding carboxylic acids is 1. The molecule has 0 spiro atoms. The van der Waals surface area contributed by atoms with Crippen LogP contribution < -0.4 is 9.80 Å². The van der Waals surface area contributed by atoms with Crippen LogP contribution in [0.1, 0.15) is 22.5 Å². The molecule has 0 radical (unpaired) electrons. The van der Waals surface area contributed by atoms with Crippen LogP contribution >= 0.6 is 0 Å². The number of aryl methyl sites for hydroxylation is 1. The first-order valence-corrected chi connectivity index (χ1v) is 7.42. The van der Waals surface area contributed by atoms with Crippen molar-refractivity contribution < 1.29 is 4.79 Å². The normalized spacial score (nSPS) is 10.0. The van der Waals surface area contributed by atoms with Gasteiger partial charge in [-0.25, -0.2) is 0 Å². The number of amides is 1. The number of rotatable bonds is 5. The fourth-order valence-electron chi connectivity index (χ4n) is 2.19. The Morgan fingerprint density at radius 3 is 2.48 bits per heavy atom. The zero-order chi connectivity index (χ0) is 16.8. The second-order valence-corrected chi connectivity index (χ2v) is 5.49. The molecule has 1 amide bonds. The van der Waals surface area contributed by atoms with Crippen molar-refractivity contribution in [2.75, 3.05) is 30.4 Å². The maximum Gasteiger partial charge on any atom is 0.276 e. The number of benzene rings is 1. The van der Waals surface area contributed by atoms with Crippen LogP contribution in [0.15, 0.2) is 42.6 Å². The molecule has 5 nitrogen and oxygen atoms in total. The second-order valence-electron chi connectivity index (χ2n) is 5.49. The zero-order valence-electron chi connectivity index (χ0n) is 13.7. The fraction of sp³-hybridized carbons (Fsp3) is 0.278. The molecule has 118 valence electrons. The first kappa shape index (κ1) is 16.5. The number of carbonyl (C=O) groups is 1. The minimum absolute atomic E-state index is 0.201. The molecule has 0 aliphatic carbocycles. The Kier molecular flexibility index (Phi) is 5.32. The smallest absolute Gasteiger partial charge is 0.276 e. The number of nitrogens with zero attached hydrogens (tertiary/aromatic N) is 4. The predicted molar refractivity (Wildman–Crippen MR) is 91.6 cm³/mol.